The van der Waals surface area contributed by atoms with Crippen molar-refractivity contribution in [1.82, 2.24) is 9.80 Å². The lowest BCUT2D eigenvalue weighted by molar-refractivity contribution is 0.0872. The summed E-state index contributed by atoms with van der Waals surface area (Å²) in [5, 5.41) is 0. The van der Waals surface area contributed by atoms with E-state index in [1.54, 1.807) is 0 Å². The minimum atomic E-state index is 0.238. The van der Waals surface area contributed by atoms with Crippen LogP contribution in [-0.2, 0) is 4.74 Å². The average molecular weight is 345 g/mol. The zero-order valence-corrected chi connectivity index (χ0v) is 16.2. The number of ether oxygens (including phenoxy) is 1. The molecular weight excluding hydrogens is 308 g/mol. The van der Waals surface area contributed by atoms with Crippen LogP contribution in [0.2, 0.25) is 0 Å². The zero-order valence-electron chi connectivity index (χ0n) is 16.2. The van der Waals surface area contributed by atoms with Crippen molar-refractivity contribution in [2.75, 3.05) is 32.9 Å². The molecule has 0 spiro atoms. The van der Waals surface area contributed by atoms with Gasteiger partial charge in [0.15, 0.2) is 0 Å². The lowest BCUT2D eigenvalue weighted by Crippen LogP contribution is -2.36. The highest BCUT2D eigenvalue weighted by molar-refractivity contribution is 5.20. The Hall–Kier alpha value is -0.900. The summed E-state index contributed by atoms with van der Waals surface area (Å²) in [5.41, 5.74) is 1.34. The fraction of sp³-hybridized carbons (Fsp3) is 0.727. The van der Waals surface area contributed by atoms with E-state index in [-0.39, 0.29) is 6.10 Å². The van der Waals surface area contributed by atoms with Gasteiger partial charge in [0, 0.05) is 12.6 Å². The number of likely N-dealkylation sites (tertiary alicyclic amines) is 1. The summed E-state index contributed by atoms with van der Waals surface area (Å²) in [7, 11) is 0. The van der Waals surface area contributed by atoms with E-state index in [0.29, 0.717) is 12.0 Å². The second-order valence-corrected chi connectivity index (χ2v) is 8.25. The Morgan fingerprint density at radius 1 is 1.00 bits per heavy atom. The molecule has 3 heteroatoms. The Morgan fingerprint density at radius 2 is 1.72 bits per heavy atom. The van der Waals surface area contributed by atoms with Gasteiger partial charge in [-0.2, -0.15) is 0 Å². The predicted molar refractivity (Wildman–Crippen MR) is 105 cm³/mol. The standard InChI is InChI=1S/C22H36N2O/c1-19(2)17-21-22(20-11-6-5-7-12-20)25-18-24(21)16-10-15-23-13-8-3-4-9-14-23/h5-7,11-12,19,21-22H,3-4,8-10,13-18H2,1-2H3/t21-,22+/m0/s1. The maximum atomic E-state index is 6.24. The SMILES string of the molecule is CC(C)C[C@H]1[C@@H](c2ccccc2)OCN1CCCN1CCCCCC1. The molecule has 2 atom stereocenters. The molecule has 1 aromatic rings. The van der Waals surface area contributed by atoms with Crippen LogP contribution < -0.4 is 0 Å². The predicted octanol–water partition coefficient (Wildman–Crippen LogP) is 4.70. The molecule has 0 saturated carbocycles. The molecule has 2 fully saturated rings. The lowest BCUT2D eigenvalue weighted by atomic mass is 9.94. The van der Waals surface area contributed by atoms with Gasteiger partial charge < -0.3 is 9.64 Å². The fourth-order valence-corrected chi connectivity index (χ4v) is 4.38. The molecule has 2 aliphatic rings. The van der Waals surface area contributed by atoms with Gasteiger partial charge in [-0.15, -0.1) is 0 Å². The van der Waals surface area contributed by atoms with E-state index in [0.717, 1.165) is 13.3 Å². The van der Waals surface area contributed by atoms with Crippen molar-refractivity contribution in [1.29, 1.82) is 0 Å². The van der Waals surface area contributed by atoms with E-state index in [1.165, 1.54) is 63.7 Å². The number of hydrogen-bond donors (Lipinski definition) is 0. The lowest BCUT2D eigenvalue weighted by Gasteiger charge is -2.28. The zero-order chi connectivity index (χ0) is 17.5. The molecule has 0 aromatic heterocycles. The highest BCUT2D eigenvalue weighted by Gasteiger charge is 2.35. The van der Waals surface area contributed by atoms with Crippen LogP contribution >= 0.6 is 0 Å². The van der Waals surface area contributed by atoms with E-state index >= 15 is 0 Å². The van der Waals surface area contributed by atoms with Crippen molar-refractivity contribution in [3.63, 3.8) is 0 Å². The quantitative estimate of drug-likeness (QED) is 0.713. The Bertz CT molecular complexity index is 482. The molecule has 0 radical (unpaired) electrons. The van der Waals surface area contributed by atoms with E-state index in [1.807, 2.05) is 0 Å². The summed E-state index contributed by atoms with van der Waals surface area (Å²) in [6.07, 6.45) is 8.33. The van der Waals surface area contributed by atoms with Crippen LogP contribution in [-0.4, -0.2) is 48.8 Å². The Labute approximate surface area is 154 Å². The highest BCUT2D eigenvalue weighted by Crippen LogP contribution is 2.34. The minimum Gasteiger partial charge on any atom is -0.357 e. The molecule has 3 nitrogen and oxygen atoms in total. The first-order valence-corrected chi connectivity index (χ1v) is 10.4. The third kappa shape index (κ3) is 5.54. The van der Waals surface area contributed by atoms with Gasteiger partial charge >= 0.3 is 0 Å². The van der Waals surface area contributed by atoms with Crippen molar-refractivity contribution in [3.05, 3.63) is 35.9 Å². The van der Waals surface area contributed by atoms with Gasteiger partial charge in [0.1, 0.15) is 6.73 Å². The van der Waals surface area contributed by atoms with Crippen LogP contribution in [0.15, 0.2) is 30.3 Å². The molecule has 0 amide bonds. The van der Waals surface area contributed by atoms with Crippen molar-refractivity contribution < 1.29 is 4.74 Å². The van der Waals surface area contributed by atoms with Gasteiger partial charge in [0.2, 0.25) is 0 Å². The van der Waals surface area contributed by atoms with E-state index in [4.69, 9.17) is 4.74 Å². The first kappa shape index (κ1) is 18.9. The Morgan fingerprint density at radius 3 is 2.40 bits per heavy atom. The van der Waals surface area contributed by atoms with Gasteiger partial charge in [-0.25, -0.2) is 0 Å². The summed E-state index contributed by atoms with van der Waals surface area (Å²) in [4.78, 5) is 5.27. The maximum absolute atomic E-state index is 6.24. The average Bonchev–Trinajstić information content (AvgIpc) is 2.82. The van der Waals surface area contributed by atoms with Gasteiger partial charge in [0.25, 0.3) is 0 Å². The Kier molecular flexibility index (Phi) is 7.33. The van der Waals surface area contributed by atoms with Crippen molar-refractivity contribution in [3.8, 4) is 0 Å². The number of hydrogen-bond acceptors (Lipinski definition) is 3. The third-order valence-corrected chi connectivity index (χ3v) is 5.70. The monoisotopic (exact) mass is 344 g/mol. The normalized spacial score (nSPS) is 26.2. The van der Waals surface area contributed by atoms with Crippen LogP contribution in [0.1, 0.15) is 64.0 Å². The topological polar surface area (TPSA) is 15.7 Å². The van der Waals surface area contributed by atoms with Crippen molar-refractivity contribution >= 4 is 0 Å². The summed E-state index contributed by atoms with van der Waals surface area (Å²) in [5.74, 6) is 0.700. The first-order valence-electron chi connectivity index (χ1n) is 10.4. The number of nitrogens with zero attached hydrogens (tertiary/aromatic N) is 2. The molecule has 0 unspecified atom stereocenters. The molecular formula is C22H36N2O. The van der Waals surface area contributed by atoms with Gasteiger partial charge in [-0.05, 0) is 56.8 Å². The van der Waals surface area contributed by atoms with Gasteiger partial charge in [-0.3, -0.25) is 4.90 Å². The summed E-state index contributed by atoms with van der Waals surface area (Å²) in [6, 6.07) is 11.3. The molecule has 3 rings (SSSR count). The molecule has 25 heavy (non-hydrogen) atoms. The van der Waals surface area contributed by atoms with Gasteiger partial charge in [-0.1, -0.05) is 57.0 Å². The highest BCUT2D eigenvalue weighted by atomic mass is 16.5. The second kappa shape index (κ2) is 9.70. The van der Waals surface area contributed by atoms with Crippen molar-refractivity contribution in [2.45, 2.75) is 64.5 Å². The molecule has 2 saturated heterocycles. The van der Waals surface area contributed by atoms with E-state index in [2.05, 4.69) is 54.0 Å². The smallest absolute Gasteiger partial charge is 0.100 e. The fourth-order valence-electron chi connectivity index (χ4n) is 4.38. The van der Waals surface area contributed by atoms with Crippen LogP contribution in [0.5, 0.6) is 0 Å². The largest absolute Gasteiger partial charge is 0.357 e. The molecule has 0 N–H and O–H groups in total. The maximum Gasteiger partial charge on any atom is 0.100 e. The third-order valence-electron chi connectivity index (χ3n) is 5.70. The van der Waals surface area contributed by atoms with Gasteiger partial charge in [0.05, 0.1) is 6.10 Å². The summed E-state index contributed by atoms with van der Waals surface area (Å²) < 4.78 is 6.24. The van der Waals surface area contributed by atoms with E-state index in [9.17, 15) is 0 Å². The minimum absolute atomic E-state index is 0.238. The molecule has 2 heterocycles. The number of benzene rings is 1. The van der Waals surface area contributed by atoms with Crippen LogP contribution in [0.25, 0.3) is 0 Å². The molecule has 0 bridgehead atoms. The first-order chi connectivity index (χ1) is 12.2. The van der Waals surface area contributed by atoms with Crippen LogP contribution in [0.4, 0.5) is 0 Å². The molecule has 140 valence electrons. The summed E-state index contributed by atoms with van der Waals surface area (Å²) in [6.45, 7) is 10.5. The van der Waals surface area contributed by atoms with E-state index < -0.39 is 0 Å². The number of rotatable bonds is 7. The molecule has 0 aliphatic carbocycles. The van der Waals surface area contributed by atoms with Crippen LogP contribution in [0, 0.1) is 5.92 Å². The molecule has 2 aliphatic heterocycles. The summed E-state index contributed by atoms with van der Waals surface area (Å²) >= 11 is 0. The molecule has 1 aromatic carbocycles. The van der Waals surface area contributed by atoms with Crippen LogP contribution in [0.3, 0.4) is 0 Å². The second-order valence-electron chi connectivity index (χ2n) is 8.25. The Balaban J connectivity index is 1.54. The van der Waals surface area contributed by atoms with Crippen molar-refractivity contribution in [2.24, 2.45) is 5.92 Å².